The Hall–Kier alpha value is -2.27. The van der Waals surface area contributed by atoms with Crippen molar-refractivity contribution >= 4 is 29.3 Å². The number of carbonyl (C=O) groups is 2. The maximum atomic E-state index is 13.1. The van der Waals surface area contributed by atoms with Crippen molar-refractivity contribution in [1.82, 2.24) is 4.90 Å². The zero-order valence-electron chi connectivity index (χ0n) is 18.7. The topological polar surface area (TPSA) is 49.4 Å². The average Bonchev–Trinajstić information content (AvgIpc) is 3.57. The first kappa shape index (κ1) is 21.9. The van der Waals surface area contributed by atoms with Crippen molar-refractivity contribution in [2.75, 3.05) is 29.9 Å². The zero-order valence-corrected chi connectivity index (χ0v) is 19.6. The number of carbonyl (C=O) groups excluding carboxylic acids is 2. The van der Waals surface area contributed by atoms with Gasteiger partial charge in [-0.15, -0.1) is 0 Å². The molecule has 2 aliphatic rings. The van der Waals surface area contributed by atoms with E-state index in [1.807, 2.05) is 40.9 Å². The smallest absolute Gasteiger partial charge is 0.235 e. The van der Waals surface area contributed by atoms with Crippen LogP contribution in [-0.2, 0) is 26.8 Å². The van der Waals surface area contributed by atoms with E-state index in [0.717, 1.165) is 54.3 Å². The molecule has 31 heavy (non-hydrogen) atoms. The first-order chi connectivity index (χ1) is 14.8. The highest BCUT2D eigenvalue weighted by atomic mass is 32.2. The lowest BCUT2D eigenvalue weighted by Crippen LogP contribution is -2.38. The second-order valence-corrected chi connectivity index (χ2v) is 11.0. The summed E-state index contributed by atoms with van der Waals surface area (Å²) in [5.74, 6) is 2.30. The third-order valence-electron chi connectivity index (χ3n) is 6.42. The van der Waals surface area contributed by atoms with Crippen LogP contribution in [0.2, 0.25) is 0 Å². The molecule has 1 aliphatic carbocycles. The van der Waals surface area contributed by atoms with Gasteiger partial charge in [-0.05, 0) is 47.1 Å². The van der Waals surface area contributed by atoms with Gasteiger partial charge in [-0.3, -0.25) is 9.59 Å². The number of rotatable bonds is 5. The molecule has 2 fully saturated rings. The molecule has 164 valence electrons. The van der Waals surface area contributed by atoms with Gasteiger partial charge >= 0.3 is 0 Å². The molecular weight excluding hydrogens is 404 g/mol. The summed E-state index contributed by atoms with van der Waals surface area (Å²) in [6.45, 7) is 8.28. The highest BCUT2D eigenvalue weighted by Gasteiger charge is 2.51. The normalized spacial score (nSPS) is 17.8. The standard InChI is InChI=1S/C26H32N2O2S/c1-25(2,3)20-6-8-21(9-7-20)26(12-13-26)24(30)27-22-10-4-19(5-11-22)18-23(29)28-14-16-31-17-15-28/h4-11H,12-18H2,1-3H3,(H,27,30). The first-order valence-corrected chi connectivity index (χ1v) is 12.3. The molecule has 0 bridgehead atoms. The van der Waals surface area contributed by atoms with Crippen LogP contribution < -0.4 is 5.32 Å². The van der Waals surface area contributed by atoms with E-state index < -0.39 is 5.41 Å². The predicted octanol–water partition coefficient (Wildman–Crippen LogP) is 4.77. The summed E-state index contributed by atoms with van der Waals surface area (Å²) in [7, 11) is 0. The number of nitrogens with zero attached hydrogens (tertiary/aromatic N) is 1. The Balaban J connectivity index is 1.37. The Bertz CT molecular complexity index is 935. The molecule has 5 heteroatoms. The SMILES string of the molecule is CC(C)(C)c1ccc(C2(C(=O)Nc3ccc(CC(=O)N4CCSCC4)cc3)CC2)cc1. The van der Waals surface area contributed by atoms with Gasteiger partial charge in [0.2, 0.25) is 11.8 Å². The molecule has 2 aromatic carbocycles. The van der Waals surface area contributed by atoms with Gasteiger partial charge in [0.15, 0.2) is 0 Å². The van der Waals surface area contributed by atoms with Crippen LogP contribution in [0.5, 0.6) is 0 Å². The molecule has 0 spiro atoms. The number of benzene rings is 2. The number of amides is 2. The summed E-state index contributed by atoms with van der Waals surface area (Å²) in [5, 5.41) is 3.09. The summed E-state index contributed by atoms with van der Waals surface area (Å²) in [5.41, 5.74) is 3.85. The minimum absolute atomic E-state index is 0.0608. The van der Waals surface area contributed by atoms with Crippen LogP contribution in [0.1, 0.15) is 50.3 Å². The minimum Gasteiger partial charge on any atom is -0.341 e. The number of hydrogen-bond acceptors (Lipinski definition) is 3. The van der Waals surface area contributed by atoms with Gasteiger partial charge in [-0.2, -0.15) is 11.8 Å². The van der Waals surface area contributed by atoms with E-state index in [-0.39, 0.29) is 17.2 Å². The second kappa shape index (κ2) is 8.70. The summed E-state index contributed by atoms with van der Waals surface area (Å²) < 4.78 is 0. The van der Waals surface area contributed by atoms with Gasteiger partial charge in [0.25, 0.3) is 0 Å². The largest absolute Gasteiger partial charge is 0.341 e. The minimum atomic E-state index is -0.405. The molecule has 1 N–H and O–H groups in total. The molecule has 2 amide bonds. The van der Waals surface area contributed by atoms with Crippen LogP contribution in [0, 0.1) is 0 Å². The van der Waals surface area contributed by atoms with Crippen LogP contribution in [0.3, 0.4) is 0 Å². The molecule has 1 heterocycles. The van der Waals surface area contributed by atoms with E-state index in [9.17, 15) is 9.59 Å². The fourth-order valence-corrected chi connectivity index (χ4v) is 5.02. The molecule has 4 nitrogen and oxygen atoms in total. The van der Waals surface area contributed by atoms with Crippen LogP contribution in [0.15, 0.2) is 48.5 Å². The van der Waals surface area contributed by atoms with E-state index in [4.69, 9.17) is 0 Å². The number of anilines is 1. The lowest BCUT2D eigenvalue weighted by Gasteiger charge is -2.26. The molecule has 0 atom stereocenters. The number of thioether (sulfide) groups is 1. The van der Waals surface area contributed by atoms with Crippen molar-refractivity contribution in [2.24, 2.45) is 0 Å². The fourth-order valence-electron chi connectivity index (χ4n) is 4.12. The molecule has 1 aliphatic heterocycles. The third kappa shape index (κ3) is 4.98. The van der Waals surface area contributed by atoms with Crippen molar-refractivity contribution < 1.29 is 9.59 Å². The Morgan fingerprint density at radius 2 is 1.58 bits per heavy atom. The Morgan fingerprint density at radius 3 is 2.13 bits per heavy atom. The van der Waals surface area contributed by atoms with E-state index in [1.165, 1.54) is 5.56 Å². The first-order valence-electron chi connectivity index (χ1n) is 11.1. The molecule has 1 saturated carbocycles. The van der Waals surface area contributed by atoms with Gasteiger partial charge in [0, 0.05) is 30.3 Å². The Kier molecular flexibility index (Phi) is 6.16. The molecule has 0 aromatic heterocycles. The highest BCUT2D eigenvalue weighted by Crippen LogP contribution is 2.49. The van der Waals surface area contributed by atoms with E-state index in [2.05, 4.69) is 50.4 Å². The van der Waals surface area contributed by atoms with E-state index >= 15 is 0 Å². The van der Waals surface area contributed by atoms with Crippen molar-refractivity contribution in [3.8, 4) is 0 Å². The molecular formula is C26H32N2O2S. The van der Waals surface area contributed by atoms with Gasteiger partial charge in [-0.25, -0.2) is 0 Å². The van der Waals surface area contributed by atoms with Crippen molar-refractivity contribution in [1.29, 1.82) is 0 Å². The van der Waals surface area contributed by atoms with Crippen molar-refractivity contribution in [3.05, 3.63) is 65.2 Å². The zero-order chi connectivity index (χ0) is 22.1. The summed E-state index contributed by atoms with van der Waals surface area (Å²) in [6, 6.07) is 16.2. The summed E-state index contributed by atoms with van der Waals surface area (Å²) in [4.78, 5) is 27.5. The van der Waals surface area contributed by atoms with Crippen LogP contribution in [0.4, 0.5) is 5.69 Å². The molecule has 2 aromatic rings. The summed E-state index contributed by atoms with van der Waals surface area (Å²) >= 11 is 1.90. The monoisotopic (exact) mass is 436 g/mol. The quantitative estimate of drug-likeness (QED) is 0.734. The molecule has 1 saturated heterocycles. The van der Waals surface area contributed by atoms with E-state index in [0.29, 0.717) is 6.42 Å². The average molecular weight is 437 g/mol. The van der Waals surface area contributed by atoms with Gasteiger partial charge in [-0.1, -0.05) is 57.2 Å². The lowest BCUT2D eigenvalue weighted by molar-refractivity contribution is -0.130. The molecule has 0 radical (unpaired) electrons. The van der Waals surface area contributed by atoms with Crippen LogP contribution in [-0.4, -0.2) is 41.3 Å². The van der Waals surface area contributed by atoms with Gasteiger partial charge in [0.1, 0.15) is 0 Å². The molecule has 0 unspecified atom stereocenters. The fraction of sp³-hybridized carbons (Fsp3) is 0.462. The second-order valence-electron chi connectivity index (χ2n) is 9.73. The maximum Gasteiger partial charge on any atom is 0.235 e. The van der Waals surface area contributed by atoms with Crippen molar-refractivity contribution in [3.63, 3.8) is 0 Å². The van der Waals surface area contributed by atoms with E-state index in [1.54, 1.807) is 0 Å². The van der Waals surface area contributed by atoms with Gasteiger partial charge in [0.05, 0.1) is 11.8 Å². The van der Waals surface area contributed by atoms with Gasteiger partial charge < -0.3 is 10.2 Å². The Morgan fingerprint density at radius 1 is 0.968 bits per heavy atom. The number of nitrogens with one attached hydrogen (secondary N) is 1. The Labute approximate surface area is 189 Å². The maximum absolute atomic E-state index is 13.1. The van der Waals surface area contributed by atoms with Crippen LogP contribution >= 0.6 is 11.8 Å². The molecule has 4 rings (SSSR count). The lowest BCUT2D eigenvalue weighted by atomic mass is 9.85. The summed E-state index contributed by atoms with van der Waals surface area (Å²) in [6.07, 6.45) is 2.19. The highest BCUT2D eigenvalue weighted by molar-refractivity contribution is 7.99. The van der Waals surface area contributed by atoms with Crippen molar-refractivity contribution in [2.45, 2.75) is 50.9 Å². The van der Waals surface area contributed by atoms with Crippen LogP contribution in [0.25, 0.3) is 0 Å². The number of hydrogen-bond donors (Lipinski definition) is 1. The third-order valence-corrected chi connectivity index (χ3v) is 7.36. The predicted molar refractivity (Wildman–Crippen MR) is 129 cm³/mol.